The van der Waals surface area contributed by atoms with E-state index in [-0.39, 0.29) is 10.9 Å². The zero-order chi connectivity index (χ0) is 15.8. The maximum absolute atomic E-state index is 11.4. The van der Waals surface area contributed by atoms with Crippen LogP contribution in [0.15, 0.2) is 23.1 Å². The summed E-state index contributed by atoms with van der Waals surface area (Å²) in [6, 6.07) is 5.21. The molecule has 21 heavy (non-hydrogen) atoms. The molecule has 118 valence electrons. The Morgan fingerprint density at radius 3 is 2.67 bits per heavy atom. The minimum Gasteiger partial charge on any atom is -0.381 e. The van der Waals surface area contributed by atoms with Crippen molar-refractivity contribution in [2.24, 2.45) is 11.1 Å². The van der Waals surface area contributed by atoms with Gasteiger partial charge in [-0.3, -0.25) is 0 Å². The van der Waals surface area contributed by atoms with E-state index in [0.717, 1.165) is 13.0 Å². The van der Waals surface area contributed by atoms with Crippen LogP contribution in [0.5, 0.6) is 0 Å². The maximum Gasteiger partial charge on any atom is 0.238 e. The first-order valence-corrected chi connectivity index (χ1v) is 8.90. The fourth-order valence-electron chi connectivity index (χ4n) is 2.73. The minimum atomic E-state index is -3.72. The Morgan fingerprint density at radius 1 is 1.38 bits per heavy atom. The fraction of sp³-hybridized carbons (Fsp3) is 0.571. The Morgan fingerprint density at radius 2 is 2.05 bits per heavy atom. The van der Waals surface area contributed by atoms with Gasteiger partial charge in [0.05, 0.1) is 15.6 Å². The molecule has 0 aromatic heterocycles. The van der Waals surface area contributed by atoms with Crippen LogP contribution >= 0.6 is 11.6 Å². The first kappa shape index (κ1) is 16.5. The average molecular weight is 332 g/mol. The zero-order valence-electron chi connectivity index (χ0n) is 12.5. The predicted molar refractivity (Wildman–Crippen MR) is 86.1 cm³/mol. The summed E-state index contributed by atoms with van der Waals surface area (Å²) in [4.78, 5) is 2.40. The molecule has 0 bridgehead atoms. The number of likely N-dealkylation sites (tertiary alicyclic amines) is 1. The number of hydrogen-bond acceptors (Lipinski definition) is 4. The standard InChI is InChI=1S/C14H22ClN3O2S/c1-9-8-18(3)10(2)6-13(9)17-14-7-11(21(16,19)20)4-5-12(14)15/h4-5,7,9-10,13,17H,6,8H2,1-3H3,(H2,16,19,20). The molecule has 1 fully saturated rings. The van der Waals surface area contributed by atoms with Crippen molar-refractivity contribution in [2.75, 3.05) is 18.9 Å². The smallest absolute Gasteiger partial charge is 0.238 e. The molecule has 1 aliphatic rings. The Balaban J connectivity index is 2.23. The number of hydrogen-bond donors (Lipinski definition) is 2. The van der Waals surface area contributed by atoms with Gasteiger partial charge >= 0.3 is 0 Å². The average Bonchev–Trinajstić information content (AvgIpc) is 2.37. The van der Waals surface area contributed by atoms with Crippen LogP contribution in [0, 0.1) is 5.92 Å². The first-order valence-electron chi connectivity index (χ1n) is 6.97. The van der Waals surface area contributed by atoms with Crippen molar-refractivity contribution in [3.63, 3.8) is 0 Å². The molecule has 1 aliphatic heterocycles. The van der Waals surface area contributed by atoms with E-state index in [1.807, 2.05) is 0 Å². The van der Waals surface area contributed by atoms with Crippen molar-refractivity contribution in [2.45, 2.75) is 37.2 Å². The molecule has 3 atom stereocenters. The van der Waals surface area contributed by atoms with Crippen molar-refractivity contribution < 1.29 is 8.42 Å². The number of halogens is 1. The summed E-state index contributed by atoms with van der Waals surface area (Å²) >= 11 is 6.17. The van der Waals surface area contributed by atoms with Gasteiger partial charge in [0, 0.05) is 18.6 Å². The quantitative estimate of drug-likeness (QED) is 0.889. The second-order valence-corrected chi connectivity index (χ2v) is 7.91. The molecule has 1 heterocycles. The minimum absolute atomic E-state index is 0.0722. The van der Waals surface area contributed by atoms with Gasteiger partial charge in [-0.1, -0.05) is 18.5 Å². The van der Waals surface area contributed by atoms with E-state index < -0.39 is 10.0 Å². The lowest BCUT2D eigenvalue weighted by Crippen LogP contribution is -2.48. The number of benzene rings is 1. The Bertz CT molecular complexity index is 621. The molecule has 1 aromatic rings. The molecule has 2 rings (SSSR count). The van der Waals surface area contributed by atoms with Gasteiger partial charge in [-0.2, -0.15) is 0 Å². The van der Waals surface area contributed by atoms with Crippen LogP contribution in [0.4, 0.5) is 5.69 Å². The molecule has 7 heteroatoms. The van der Waals surface area contributed by atoms with E-state index in [2.05, 4.69) is 31.1 Å². The van der Waals surface area contributed by atoms with Crippen molar-refractivity contribution in [3.8, 4) is 0 Å². The summed E-state index contributed by atoms with van der Waals surface area (Å²) in [5.41, 5.74) is 0.622. The maximum atomic E-state index is 11.4. The Kier molecular flexibility index (Phi) is 4.82. The number of nitrogens with one attached hydrogen (secondary N) is 1. The molecule has 0 spiro atoms. The SMILES string of the molecule is CC1CN(C)C(C)CC1Nc1cc(S(N)(=O)=O)ccc1Cl. The molecule has 0 saturated carbocycles. The molecule has 0 amide bonds. The van der Waals surface area contributed by atoms with Crippen molar-refractivity contribution in [3.05, 3.63) is 23.2 Å². The van der Waals surface area contributed by atoms with E-state index in [4.69, 9.17) is 16.7 Å². The number of nitrogens with zero attached hydrogens (tertiary/aromatic N) is 1. The third-order valence-electron chi connectivity index (χ3n) is 4.22. The summed E-state index contributed by atoms with van der Waals surface area (Å²) < 4.78 is 22.9. The third-order valence-corrected chi connectivity index (χ3v) is 5.46. The van der Waals surface area contributed by atoms with Gasteiger partial charge in [0.25, 0.3) is 0 Å². The first-order chi connectivity index (χ1) is 9.68. The fourth-order valence-corrected chi connectivity index (χ4v) is 3.45. The van der Waals surface area contributed by atoms with Crippen molar-refractivity contribution in [1.82, 2.24) is 4.90 Å². The Hall–Kier alpha value is -0.820. The van der Waals surface area contributed by atoms with Crippen LogP contribution in [0.2, 0.25) is 5.02 Å². The van der Waals surface area contributed by atoms with E-state index in [1.165, 1.54) is 12.1 Å². The second kappa shape index (κ2) is 6.12. The number of nitrogens with two attached hydrogens (primary N) is 1. The highest BCUT2D eigenvalue weighted by Gasteiger charge is 2.29. The van der Waals surface area contributed by atoms with Crippen LogP contribution in [-0.4, -0.2) is 39.0 Å². The summed E-state index contributed by atoms with van der Waals surface area (Å²) in [7, 11) is -1.61. The summed E-state index contributed by atoms with van der Waals surface area (Å²) in [6.07, 6.45) is 0.980. The van der Waals surface area contributed by atoms with Gasteiger partial charge in [-0.15, -0.1) is 0 Å². The van der Waals surface area contributed by atoms with Gasteiger partial charge in [-0.05, 0) is 44.5 Å². The summed E-state index contributed by atoms with van der Waals surface area (Å²) in [5.74, 6) is 0.445. The lowest BCUT2D eigenvalue weighted by Gasteiger charge is -2.40. The normalized spacial score (nSPS) is 27.6. The zero-order valence-corrected chi connectivity index (χ0v) is 14.1. The molecule has 0 aliphatic carbocycles. The van der Waals surface area contributed by atoms with E-state index in [0.29, 0.717) is 22.7 Å². The van der Waals surface area contributed by atoms with Crippen LogP contribution in [-0.2, 0) is 10.0 Å². The molecule has 1 aromatic carbocycles. The molecular formula is C14H22ClN3O2S. The Labute approximate surface area is 131 Å². The van der Waals surface area contributed by atoms with Gasteiger partial charge in [-0.25, -0.2) is 13.6 Å². The van der Waals surface area contributed by atoms with Crippen molar-refractivity contribution in [1.29, 1.82) is 0 Å². The number of rotatable bonds is 3. The van der Waals surface area contributed by atoms with E-state index in [1.54, 1.807) is 6.07 Å². The van der Waals surface area contributed by atoms with Gasteiger partial charge in [0.2, 0.25) is 10.0 Å². The summed E-state index contributed by atoms with van der Waals surface area (Å²) in [5, 5.41) is 9.06. The number of primary sulfonamides is 1. The number of piperidine rings is 1. The molecule has 1 saturated heterocycles. The number of anilines is 1. The van der Waals surface area contributed by atoms with E-state index in [9.17, 15) is 8.42 Å². The van der Waals surface area contributed by atoms with E-state index >= 15 is 0 Å². The predicted octanol–water partition coefficient (Wildman–Crippen LogP) is 2.13. The van der Waals surface area contributed by atoms with Gasteiger partial charge in [0.15, 0.2) is 0 Å². The topological polar surface area (TPSA) is 75.4 Å². The largest absolute Gasteiger partial charge is 0.381 e. The molecule has 3 unspecified atom stereocenters. The number of sulfonamides is 1. The van der Waals surface area contributed by atoms with Crippen LogP contribution in [0.25, 0.3) is 0 Å². The van der Waals surface area contributed by atoms with Gasteiger partial charge in [0.1, 0.15) is 0 Å². The highest BCUT2D eigenvalue weighted by Crippen LogP contribution is 2.29. The van der Waals surface area contributed by atoms with Crippen LogP contribution in [0.3, 0.4) is 0 Å². The van der Waals surface area contributed by atoms with Gasteiger partial charge < -0.3 is 10.2 Å². The second-order valence-electron chi connectivity index (χ2n) is 5.94. The van der Waals surface area contributed by atoms with Crippen LogP contribution < -0.4 is 10.5 Å². The molecule has 5 nitrogen and oxygen atoms in total. The monoisotopic (exact) mass is 331 g/mol. The van der Waals surface area contributed by atoms with Crippen molar-refractivity contribution >= 4 is 27.3 Å². The third kappa shape index (κ3) is 3.88. The molecule has 0 radical (unpaired) electrons. The summed E-state index contributed by atoms with van der Waals surface area (Å²) in [6.45, 7) is 5.35. The lowest BCUT2D eigenvalue weighted by molar-refractivity contribution is 0.145. The molecule has 3 N–H and O–H groups in total. The highest BCUT2D eigenvalue weighted by molar-refractivity contribution is 7.89. The molecular weight excluding hydrogens is 310 g/mol. The highest BCUT2D eigenvalue weighted by atomic mass is 35.5. The lowest BCUT2D eigenvalue weighted by atomic mass is 9.89. The van der Waals surface area contributed by atoms with Crippen LogP contribution in [0.1, 0.15) is 20.3 Å².